The van der Waals surface area contributed by atoms with Crippen LogP contribution in [0.4, 0.5) is 0 Å². The van der Waals surface area contributed by atoms with E-state index >= 15 is 0 Å². The topological polar surface area (TPSA) is 31.4 Å². The number of thiazole rings is 1. The third kappa shape index (κ3) is 8.62. The molecular weight excluding hydrogens is 547 g/mol. The van der Waals surface area contributed by atoms with Crippen LogP contribution in [0.2, 0.25) is 0 Å². The summed E-state index contributed by atoms with van der Waals surface area (Å²) in [7, 11) is 0. The molecule has 0 radical (unpaired) electrons. The summed E-state index contributed by atoms with van der Waals surface area (Å²) in [5, 5.41) is 1.14. The smallest absolute Gasteiger partial charge is 0.162 e. The Morgan fingerprint density at radius 2 is 1.23 bits per heavy atom. The molecule has 0 unspecified atom stereocenters. The van der Waals surface area contributed by atoms with E-state index in [-0.39, 0.29) is 16.4 Å². The first-order valence-electron chi connectivity index (χ1n) is 15.8. The summed E-state index contributed by atoms with van der Waals surface area (Å²) in [5.74, 6) is 1.72. The predicted octanol–water partition coefficient (Wildman–Crippen LogP) is 10.9. The average molecular weight is 600 g/mol. The number of fused-ring (bicyclic) bond motifs is 3. The van der Waals surface area contributed by atoms with Crippen molar-refractivity contribution in [1.82, 2.24) is 4.98 Å². The Kier molecular flexibility index (Phi) is 9.43. The van der Waals surface area contributed by atoms with E-state index in [1.807, 2.05) is 19.9 Å². The molecule has 0 saturated heterocycles. The van der Waals surface area contributed by atoms with E-state index in [9.17, 15) is 0 Å². The van der Waals surface area contributed by atoms with Crippen molar-refractivity contribution >= 4 is 21.6 Å². The van der Waals surface area contributed by atoms with Gasteiger partial charge in [0.1, 0.15) is 12.2 Å². The van der Waals surface area contributed by atoms with Crippen molar-refractivity contribution in [2.75, 3.05) is 6.61 Å². The molecule has 3 aromatic carbocycles. The van der Waals surface area contributed by atoms with Gasteiger partial charge in [0.15, 0.2) is 11.5 Å². The summed E-state index contributed by atoms with van der Waals surface area (Å²) >= 11 is 1.77. The lowest BCUT2D eigenvalue weighted by Crippen LogP contribution is -2.38. The van der Waals surface area contributed by atoms with Gasteiger partial charge in [0, 0.05) is 0 Å². The highest BCUT2D eigenvalue weighted by molar-refractivity contribution is 7.18. The summed E-state index contributed by atoms with van der Waals surface area (Å²) < 4.78 is 12.9. The molecule has 4 heteroatoms. The molecule has 2 heterocycles. The number of nitrogens with zero attached hydrogens (tertiary/aromatic N) is 1. The summed E-state index contributed by atoms with van der Waals surface area (Å²) in [4.78, 5) is 4.45. The van der Waals surface area contributed by atoms with Gasteiger partial charge in [-0.1, -0.05) is 92.6 Å². The first-order valence-corrected chi connectivity index (χ1v) is 16.6. The number of aryl methyl sites for hydroxylation is 3. The zero-order valence-corrected chi connectivity index (χ0v) is 29.5. The van der Waals surface area contributed by atoms with Gasteiger partial charge in [-0.15, -0.1) is 11.3 Å². The molecule has 0 bridgehead atoms. The molecule has 1 aliphatic carbocycles. The van der Waals surface area contributed by atoms with E-state index in [0.29, 0.717) is 12.0 Å². The fraction of sp³-hybridized carbons (Fsp3) is 0.513. The Balaban J connectivity index is 0.000000148. The van der Waals surface area contributed by atoms with E-state index in [2.05, 4.69) is 123 Å². The molecular formula is C39H53NO2S. The van der Waals surface area contributed by atoms with Gasteiger partial charge in [-0.3, -0.25) is 0 Å². The van der Waals surface area contributed by atoms with Crippen molar-refractivity contribution < 1.29 is 9.47 Å². The molecule has 0 saturated carbocycles. The first-order chi connectivity index (χ1) is 19.8. The zero-order chi connectivity index (χ0) is 31.8. The minimum absolute atomic E-state index is 0.139. The van der Waals surface area contributed by atoms with Crippen LogP contribution in [0.3, 0.4) is 0 Å². The van der Waals surface area contributed by atoms with Gasteiger partial charge < -0.3 is 9.47 Å². The highest BCUT2D eigenvalue weighted by Gasteiger charge is 2.29. The number of aromatic nitrogens is 1. The predicted molar refractivity (Wildman–Crippen MR) is 186 cm³/mol. The van der Waals surface area contributed by atoms with Gasteiger partial charge in [0.25, 0.3) is 0 Å². The molecule has 1 aliphatic heterocycles. The maximum atomic E-state index is 5.93. The van der Waals surface area contributed by atoms with Gasteiger partial charge >= 0.3 is 0 Å². The average Bonchev–Trinajstić information content (AvgIpc) is 3.51. The van der Waals surface area contributed by atoms with Crippen LogP contribution >= 0.6 is 11.3 Å². The van der Waals surface area contributed by atoms with E-state index in [4.69, 9.17) is 9.47 Å². The SMILES string of the molecule is CC(C)(C)c1ccc2c(c1)CCC2.CC1(C)COc2ccc(C(C)(C)C)cc2O1.Cc1nc2ccc(C(C)(C)C)cc2s1. The van der Waals surface area contributed by atoms with Crippen LogP contribution < -0.4 is 9.47 Å². The molecule has 43 heavy (non-hydrogen) atoms. The minimum Gasteiger partial charge on any atom is -0.486 e. The molecule has 1 aromatic heterocycles. The second kappa shape index (κ2) is 12.3. The Hall–Kier alpha value is -2.85. The van der Waals surface area contributed by atoms with Crippen molar-refractivity contribution in [1.29, 1.82) is 0 Å². The van der Waals surface area contributed by atoms with E-state index in [1.165, 1.54) is 40.7 Å². The molecule has 0 atom stereocenters. The second-order valence-electron chi connectivity index (χ2n) is 15.8. The van der Waals surface area contributed by atoms with Crippen LogP contribution in [-0.2, 0) is 29.1 Å². The highest BCUT2D eigenvalue weighted by Crippen LogP contribution is 2.38. The standard InChI is InChI=1S/C14H20O2.C13H18.C12H15NS/c1-13(2,3)10-6-7-11-12(8-10)16-14(4,5)9-15-11;1-13(2,3)12-8-7-10-5-4-6-11(10)9-12;1-8-13-10-6-5-9(12(2,3)4)7-11(10)14-8/h6-8H,9H2,1-5H3;7-9H,4-6H2,1-3H3;5-7H,1-4H3. The van der Waals surface area contributed by atoms with Crippen LogP contribution in [0.1, 0.15) is 115 Å². The summed E-state index contributed by atoms with van der Waals surface area (Å²) in [6.45, 7) is 26.9. The normalized spacial score (nSPS) is 15.6. The Labute approximate surface area is 265 Å². The maximum Gasteiger partial charge on any atom is 0.162 e. The van der Waals surface area contributed by atoms with Crippen LogP contribution in [0.25, 0.3) is 10.2 Å². The lowest BCUT2D eigenvalue weighted by Gasteiger charge is -2.33. The number of hydrogen-bond acceptors (Lipinski definition) is 4. The van der Waals surface area contributed by atoms with Gasteiger partial charge in [0.2, 0.25) is 0 Å². The van der Waals surface area contributed by atoms with Crippen molar-refractivity contribution in [2.45, 2.75) is 124 Å². The maximum absolute atomic E-state index is 5.93. The molecule has 0 amide bonds. The second-order valence-corrected chi connectivity index (χ2v) is 17.0. The first kappa shape index (κ1) is 33.1. The summed E-state index contributed by atoms with van der Waals surface area (Å²) in [5.41, 5.74) is 8.86. The Bertz CT molecular complexity index is 1560. The number of ether oxygens (including phenoxy) is 2. The van der Waals surface area contributed by atoms with Gasteiger partial charge in [-0.2, -0.15) is 0 Å². The third-order valence-corrected chi connectivity index (χ3v) is 9.03. The highest BCUT2D eigenvalue weighted by atomic mass is 32.1. The van der Waals surface area contributed by atoms with Crippen molar-refractivity contribution in [2.24, 2.45) is 0 Å². The molecule has 0 N–H and O–H groups in total. The lowest BCUT2D eigenvalue weighted by atomic mass is 9.85. The summed E-state index contributed by atoms with van der Waals surface area (Å²) in [6.07, 6.45) is 3.93. The summed E-state index contributed by atoms with van der Waals surface area (Å²) in [6, 6.07) is 19.8. The van der Waals surface area contributed by atoms with Crippen molar-refractivity contribution in [3.8, 4) is 11.5 Å². The Morgan fingerprint density at radius 3 is 1.88 bits per heavy atom. The van der Waals surface area contributed by atoms with Gasteiger partial charge in [-0.05, 0) is 108 Å². The third-order valence-electron chi connectivity index (χ3n) is 8.10. The molecule has 6 rings (SSSR count). The van der Waals surface area contributed by atoms with E-state index in [0.717, 1.165) is 22.0 Å². The van der Waals surface area contributed by atoms with Crippen molar-refractivity contribution in [3.05, 3.63) is 87.4 Å². The molecule has 0 fully saturated rings. The zero-order valence-electron chi connectivity index (χ0n) is 28.7. The van der Waals surface area contributed by atoms with E-state index < -0.39 is 0 Å². The molecule has 3 nitrogen and oxygen atoms in total. The fourth-order valence-corrected chi connectivity index (χ4v) is 6.16. The minimum atomic E-state index is -0.233. The largest absolute Gasteiger partial charge is 0.486 e. The van der Waals surface area contributed by atoms with Crippen LogP contribution in [0, 0.1) is 6.92 Å². The molecule has 0 spiro atoms. The van der Waals surface area contributed by atoms with Gasteiger partial charge in [-0.25, -0.2) is 4.98 Å². The quantitative estimate of drug-likeness (QED) is 0.201. The van der Waals surface area contributed by atoms with E-state index in [1.54, 1.807) is 22.5 Å². The van der Waals surface area contributed by atoms with Crippen LogP contribution in [-0.4, -0.2) is 17.2 Å². The number of benzene rings is 3. The number of rotatable bonds is 0. The fourth-order valence-electron chi connectivity index (χ4n) is 5.30. The Morgan fingerprint density at radius 1 is 0.674 bits per heavy atom. The molecule has 232 valence electrons. The number of hydrogen-bond donors (Lipinski definition) is 0. The lowest BCUT2D eigenvalue weighted by molar-refractivity contribution is 0.0211. The van der Waals surface area contributed by atoms with Crippen LogP contribution in [0.15, 0.2) is 54.6 Å². The monoisotopic (exact) mass is 599 g/mol. The molecule has 2 aliphatic rings. The van der Waals surface area contributed by atoms with Crippen molar-refractivity contribution in [3.63, 3.8) is 0 Å². The van der Waals surface area contributed by atoms with Crippen LogP contribution in [0.5, 0.6) is 11.5 Å². The molecule has 4 aromatic rings. The van der Waals surface area contributed by atoms with Gasteiger partial charge in [0.05, 0.1) is 15.2 Å².